The predicted molar refractivity (Wildman–Crippen MR) is 106 cm³/mol. The molecule has 6 heteroatoms. The molecular formula is C22H26N2O4. The number of hydrogen-bond donors (Lipinski definition) is 2. The van der Waals surface area contributed by atoms with E-state index in [2.05, 4.69) is 5.48 Å². The van der Waals surface area contributed by atoms with E-state index in [1.54, 1.807) is 12.0 Å². The van der Waals surface area contributed by atoms with Crippen LogP contribution in [-0.2, 0) is 13.1 Å². The Hall–Kier alpha value is -2.57. The van der Waals surface area contributed by atoms with Gasteiger partial charge in [-0.2, -0.15) is 0 Å². The summed E-state index contributed by atoms with van der Waals surface area (Å²) in [7, 11) is 1.63. The van der Waals surface area contributed by atoms with Gasteiger partial charge >= 0.3 is 0 Å². The minimum absolute atomic E-state index is 0.0401. The smallest absolute Gasteiger partial charge is 0.258 e. The van der Waals surface area contributed by atoms with Crippen LogP contribution < -0.4 is 19.9 Å². The lowest BCUT2D eigenvalue weighted by Gasteiger charge is -2.19. The molecule has 0 radical (unpaired) electrons. The fourth-order valence-electron chi connectivity index (χ4n) is 4.09. The summed E-state index contributed by atoms with van der Waals surface area (Å²) < 4.78 is 11.5. The molecule has 6 nitrogen and oxygen atoms in total. The van der Waals surface area contributed by atoms with Crippen molar-refractivity contribution in [3.63, 3.8) is 0 Å². The fourth-order valence-corrected chi connectivity index (χ4v) is 4.09. The highest BCUT2D eigenvalue weighted by Gasteiger charge is 2.29. The number of ether oxygens (including phenoxy) is 2. The zero-order valence-electron chi connectivity index (χ0n) is 16.1. The highest BCUT2D eigenvalue weighted by molar-refractivity contribution is 6.10. The molecule has 0 unspecified atom stereocenters. The average Bonchev–Trinajstić information content (AvgIpc) is 3.35. The molecule has 2 aromatic carbocycles. The quantitative estimate of drug-likeness (QED) is 0.711. The Labute approximate surface area is 165 Å². The molecule has 4 rings (SSSR count). The maximum atomic E-state index is 13.0. The van der Waals surface area contributed by atoms with Crippen LogP contribution in [0.2, 0.25) is 0 Å². The zero-order valence-corrected chi connectivity index (χ0v) is 16.1. The summed E-state index contributed by atoms with van der Waals surface area (Å²) in [6, 6.07) is 11.3. The number of methoxy groups -OCH3 is 1. The SMILES string of the molecule is COc1ccc(N2Cc3ccc(CNO)cc3C2=O)cc1OCC1CCCC1. The highest BCUT2D eigenvalue weighted by Crippen LogP contribution is 2.36. The first-order chi connectivity index (χ1) is 13.7. The van der Waals surface area contributed by atoms with Crippen LogP contribution in [-0.4, -0.2) is 24.8 Å². The molecule has 1 heterocycles. The predicted octanol–water partition coefficient (Wildman–Crippen LogP) is 3.90. The second kappa shape index (κ2) is 8.20. The molecule has 0 saturated heterocycles. The number of carbonyl (C=O) groups excluding carboxylic acids is 1. The van der Waals surface area contributed by atoms with Crippen LogP contribution in [0.5, 0.6) is 11.5 Å². The van der Waals surface area contributed by atoms with Gasteiger partial charge in [0.2, 0.25) is 0 Å². The first kappa shape index (κ1) is 18.8. The summed E-state index contributed by atoms with van der Waals surface area (Å²) in [5, 5.41) is 8.90. The number of benzene rings is 2. The standard InChI is InChI=1S/C22H26N2O4/c1-27-20-9-8-18(11-21(20)28-14-15-4-2-3-5-15)24-13-17-7-6-16(12-23-26)10-19(17)22(24)25/h6-11,15,23,26H,2-5,12-14H2,1H3. The Morgan fingerprint density at radius 3 is 2.71 bits per heavy atom. The number of nitrogens with zero attached hydrogens (tertiary/aromatic N) is 1. The molecule has 2 aromatic rings. The molecule has 1 amide bonds. The van der Waals surface area contributed by atoms with Crippen LogP contribution in [0.4, 0.5) is 5.69 Å². The van der Waals surface area contributed by atoms with E-state index >= 15 is 0 Å². The molecule has 1 fully saturated rings. The lowest BCUT2D eigenvalue weighted by Crippen LogP contribution is -2.23. The van der Waals surface area contributed by atoms with Gasteiger partial charge < -0.3 is 19.6 Å². The third kappa shape index (κ3) is 3.70. The normalized spacial score (nSPS) is 16.5. The van der Waals surface area contributed by atoms with Crippen molar-refractivity contribution in [3.8, 4) is 11.5 Å². The van der Waals surface area contributed by atoms with Crippen molar-refractivity contribution in [2.45, 2.75) is 38.8 Å². The van der Waals surface area contributed by atoms with E-state index in [-0.39, 0.29) is 5.91 Å². The Morgan fingerprint density at radius 2 is 1.96 bits per heavy atom. The number of anilines is 1. The van der Waals surface area contributed by atoms with E-state index in [1.807, 2.05) is 36.4 Å². The Morgan fingerprint density at radius 1 is 1.14 bits per heavy atom. The molecule has 0 spiro atoms. The van der Waals surface area contributed by atoms with Crippen LogP contribution in [0.3, 0.4) is 0 Å². The van der Waals surface area contributed by atoms with Crippen LogP contribution in [0.1, 0.15) is 47.2 Å². The number of nitrogens with one attached hydrogen (secondary N) is 1. The number of rotatable bonds is 7. The second-order valence-corrected chi connectivity index (χ2v) is 7.51. The van der Waals surface area contributed by atoms with E-state index in [9.17, 15) is 4.79 Å². The minimum atomic E-state index is -0.0401. The molecule has 28 heavy (non-hydrogen) atoms. The van der Waals surface area contributed by atoms with Crippen molar-refractivity contribution in [2.75, 3.05) is 18.6 Å². The molecule has 0 atom stereocenters. The molecule has 148 valence electrons. The number of hydroxylamine groups is 1. The van der Waals surface area contributed by atoms with E-state index in [1.165, 1.54) is 25.7 Å². The largest absolute Gasteiger partial charge is 0.493 e. The summed E-state index contributed by atoms with van der Waals surface area (Å²) in [6.45, 7) is 1.52. The van der Waals surface area contributed by atoms with Gasteiger partial charge in [0.1, 0.15) is 0 Å². The van der Waals surface area contributed by atoms with Crippen molar-refractivity contribution in [1.82, 2.24) is 5.48 Å². The van der Waals surface area contributed by atoms with Gasteiger partial charge in [-0.25, -0.2) is 5.48 Å². The van der Waals surface area contributed by atoms with Crippen molar-refractivity contribution < 1.29 is 19.5 Å². The first-order valence-corrected chi connectivity index (χ1v) is 9.81. The van der Waals surface area contributed by atoms with Crippen LogP contribution in [0.15, 0.2) is 36.4 Å². The van der Waals surface area contributed by atoms with Crippen molar-refractivity contribution in [2.24, 2.45) is 5.92 Å². The lowest BCUT2D eigenvalue weighted by molar-refractivity contribution is 0.0996. The van der Waals surface area contributed by atoms with Gasteiger partial charge in [0.05, 0.1) is 20.3 Å². The first-order valence-electron chi connectivity index (χ1n) is 9.81. The van der Waals surface area contributed by atoms with Crippen LogP contribution >= 0.6 is 0 Å². The topological polar surface area (TPSA) is 71.0 Å². The summed E-state index contributed by atoms with van der Waals surface area (Å²) in [5.74, 6) is 1.93. The molecule has 1 aliphatic heterocycles. The summed E-state index contributed by atoms with van der Waals surface area (Å²) in [4.78, 5) is 14.7. The second-order valence-electron chi connectivity index (χ2n) is 7.51. The molecule has 0 bridgehead atoms. The third-order valence-electron chi connectivity index (χ3n) is 5.67. The summed E-state index contributed by atoms with van der Waals surface area (Å²) in [5.41, 5.74) is 5.46. The highest BCUT2D eigenvalue weighted by atomic mass is 16.5. The zero-order chi connectivity index (χ0) is 19.5. The molecular weight excluding hydrogens is 356 g/mol. The summed E-state index contributed by atoms with van der Waals surface area (Å²) >= 11 is 0. The number of carbonyl (C=O) groups is 1. The van der Waals surface area contributed by atoms with Crippen LogP contribution in [0, 0.1) is 5.92 Å². The van der Waals surface area contributed by atoms with Gasteiger partial charge in [-0.3, -0.25) is 4.79 Å². The van der Waals surface area contributed by atoms with Crippen molar-refractivity contribution in [1.29, 1.82) is 0 Å². The van der Waals surface area contributed by atoms with Crippen LogP contribution in [0.25, 0.3) is 0 Å². The van der Waals surface area contributed by atoms with Crippen molar-refractivity contribution in [3.05, 3.63) is 53.1 Å². The Balaban J connectivity index is 1.55. The van der Waals surface area contributed by atoms with Gasteiger partial charge in [0.15, 0.2) is 11.5 Å². The lowest BCUT2D eigenvalue weighted by atomic mass is 10.1. The van der Waals surface area contributed by atoms with E-state index in [0.717, 1.165) is 16.8 Å². The Kier molecular flexibility index (Phi) is 5.50. The minimum Gasteiger partial charge on any atom is -0.493 e. The molecule has 0 aromatic heterocycles. The molecule has 1 saturated carbocycles. The molecule has 2 aliphatic rings. The molecule has 1 aliphatic carbocycles. The van der Waals surface area contributed by atoms with E-state index < -0.39 is 0 Å². The molecule has 2 N–H and O–H groups in total. The van der Waals surface area contributed by atoms with E-state index in [0.29, 0.717) is 42.7 Å². The van der Waals surface area contributed by atoms with Crippen molar-refractivity contribution >= 4 is 11.6 Å². The third-order valence-corrected chi connectivity index (χ3v) is 5.67. The van der Waals surface area contributed by atoms with Gasteiger partial charge in [0, 0.05) is 23.9 Å². The van der Waals surface area contributed by atoms with Gasteiger partial charge in [-0.1, -0.05) is 25.0 Å². The Bertz CT molecular complexity index is 862. The number of fused-ring (bicyclic) bond motifs is 1. The maximum absolute atomic E-state index is 13.0. The van der Waals surface area contributed by atoms with Gasteiger partial charge in [-0.15, -0.1) is 0 Å². The van der Waals surface area contributed by atoms with Gasteiger partial charge in [0.25, 0.3) is 5.91 Å². The summed E-state index contributed by atoms with van der Waals surface area (Å²) in [6.07, 6.45) is 4.99. The maximum Gasteiger partial charge on any atom is 0.258 e. The van der Waals surface area contributed by atoms with E-state index in [4.69, 9.17) is 14.7 Å². The monoisotopic (exact) mass is 382 g/mol. The average molecular weight is 382 g/mol. The fraction of sp³-hybridized carbons (Fsp3) is 0.409. The van der Waals surface area contributed by atoms with Gasteiger partial charge in [-0.05, 0) is 48.1 Å². The number of amides is 1. The number of hydrogen-bond acceptors (Lipinski definition) is 5.